The van der Waals surface area contributed by atoms with Gasteiger partial charge in [0, 0.05) is 20.1 Å². The third-order valence-electron chi connectivity index (χ3n) is 2.71. The molecule has 0 aliphatic heterocycles. The number of hydrogen-bond donors (Lipinski definition) is 1. The van der Waals surface area contributed by atoms with Crippen molar-refractivity contribution in [2.45, 2.75) is 52.3 Å². The minimum atomic E-state index is 0.258. The molecular weight excluding hydrogens is 204 g/mol. The standard InChI is InChI=1S/C11H22N4O/c1-4-7-15-10(6-5-9(2)16-3)13-14-11(15)8-12/h9H,4-8,12H2,1-3H3. The molecule has 0 spiro atoms. The average molecular weight is 226 g/mol. The minimum Gasteiger partial charge on any atom is -0.382 e. The van der Waals surface area contributed by atoms with Gasteiger partial charge in [-0.05, 0) is 19.8 Å². The van der Waals surface area contributed by atoms with E-state index in [-0.39, 0.29) is 6.10 Å². The first kappa shape index (κ1) is 13.1. The lowest BCUT2D eigenvalue weighted by Gasteiger charge is -2.10. The first-order chi connectivity index (χ1) is 7.72. The number of methoxy groups -OCH3 is 1. The van der Waals surface area contributed by atoms with Gasteiger partial charge >= 0.3 is 0 Å². The lowest BCUT2D eigenvalue weighted by molar-refractivity contribution is 0.110. The Morgan fingerprint density at radius 2 is 2.06 bits per heavy atom. The van der Waals surface area contributed by atoms with Crippen LogP contribution in [0.15, 0.2) is 0 Å². The van der Waals surface area contributed by atoms with Crippen molar-refractivity contribution in [3.05, 3.63) is 11.6 Å². The monoisotopic (exact) mass is 226 g/mol. The molecule has 2 N–H and O–H groups in total. The Labute approximate surface area is 97.0 Å². The van der Waals surface area contributed by atoms with E-state index in [1.54, 1.807) is 7.11 Å². The highest BCUT2D eigenvalue weighted by Gasteiger charge is 2.11. The van der Waals surface area contributed by atoms with Crippen LogP contribution in [0.1, 0.15) is 38.3 Å². The van der Waals surface area contributed by atoms with Crippen molar-refractivity contribution in [1.29, 1.82) is 0 Å². The highest BCUT2D eigenvalue weighted by molar-refractivity contribution is 4.96. The number of aryl methyl sites for hydroxylation is 1. The molecule has 0 saturated carbocycles. The minimum absolute atomic E-state index is 0.258. The fourth-order valence-electron chi connectivity index (χ4n) is 1.64. The van der Waals surface area contributed by atoms with Crippen LogP contribution in [0.4, 0.5) is 0 Å². The molecule has 16 heavy (non-hydrogen) atoms. The number of rotatable bonds is 7. The van der Waals surface area contributed by atoms with Gasteiger partial charge in [0.1, 0.15) is 11.6 Å². The second-order valence-electron chi connectivity index (χ2n) is 3.97. The van der Waals surface area contributed by atoms with Crippen LogP contribution in [-0.2, 0) is 24.2 Å². The summed E-state index contributed by atoms with van der Waals surface area (Å²) in [4.78, 5) is 0. The summed E-state index contributed by atoms with van der Waals surface area (Å²) < 4.78 is 7.35. The van der Waals surface area contributed by atoms with Gasteiger partial charge in [-0.25, -0.2) is 0 Å². The first-order valence-corrected chi connectivity index (χ1v) is 5.86. The number of hydrogen-bond acceptors (Lipinski definition) is 4. The maximum absolute atomic E-state index is 5.63. The Kier molecular flexibility index (Phi) is 5.42. The van der Waals surface area contributed by atoms with Crippen LogP contribution < -0.4 is 5.73 Å². The molecule has 1 rings (SSSR count). The van der Waals surface area contributed by atoms with Crippen LogP contribution in [0.25, 0.3) is 0 Å². The molecule has 1 unspecified atom stereocenters. The zero-order chi connectivity index (χ0) is 12.0. The third-order valence-corrected chi connectivity index (χ3v) is 2.71. The van der Waals surface area contributed by atoms with Gasteiger partial charge < -0.3 is 15.0 Å². The molecular formula is C11H22N4O. The van der Waals surface area contributed by atoms with Gasteiger partial charge in [-0.3, -0.25) is 0 Å². The SMILES string of the molecule is CCCn1c(CN)nnc1CCC(C)OC. The Morgan fingerprint density at radius 1 is 1.38 bits per heavy atom. The van der Waals surface area contributed by atoms with Gasteiger partial charge in [0.25, 0.3) is 0 Å². The lowest BCUT2D eigenvalue weighted by atomic mass is 10.2. The molecule has 5 heteroatoms. The normalized spacial score (nSPS) is 13.0. The zero-order valence-corrected chi connectivity index (χ0v) is 10.4. The quantitative estimate of drug-likeness (QED) is 0.756. The Balaban J connectivity index is 2.67. The van der Waals surface area contributed by atoms with E-state index < -0.39 is 0 Å². The van der Waals surface area contributed by atoms with E-state index in [1.165, 1.54) is 0 Å². The summed E-state index contributed by atoms with van der Waals surface area (Å²) >= 11 is 0. The smallest absolute Gasteiger partial charge is 0.146 e. The fraction of sp³-hybridized carbons (Fsp3) is 0.818. The molecule has 0 amide bonds. The van der Waals surface area contributed by atoms with Crippen molar-refractivity contribution in [1.82, 2.24) is 14.8 Å². The van der Waals surface area contributed by atoms with Crippen molar-refractivity contribution < 1.29 is 4.74 Å². The molecule has 92 valence electrons. The maximum Gasteiger partial charge on any atom is 0.146 e. The van der Waals surface area contributed by atoms with E-state index in [4.69, 9.17) is 10.5 Å². The second-order valence-corrected chi connectivity index (χ2v) is 3.97. The van der Waals surface area contributed by atoms with Gasteiger partial charge in [0.05, 0.1) is 12.6 Å². The summed E-state index contributed by atoms with van der Waals surface area (Å²) in [5.41, 5.74) is 5.63. The van der Waals surface area contributed by atoms with Crippen LogP contribution in [0.3, 0.4) is 0 Å². The summed E-state index contributed by atoms with van der Waals surface area (Å²) in [6, 6.07) is 0. The Bertz CT molecular complexity index is 311. The number of nitrogens with zero attached hydrogens (tertiary/aromatic N) is 3. The van der Waals surface area contributed by atoms with Crippen LogP contribution in [0.5, 0.6) is 0 Å². The zero-order valence-electron chi connectivity index (χ0n) is 10.4. The van der Waals surface area contributed by atoms with E-state index in [0.29, 0.717) is 6.54 Å². The molecule has 0 radical (unpaired) electrons. The second kappa shape index (κ2) is 6.60. The predicted molar refractivity (Wildman–Crippen MR) is 63.0 cm³/mol. The van der Waals surface area contributed by atoms with Crippen LogP contribution in [0, 0.1) is 0 Å². The van der Waals surface area contributed by atoms with Gasteiger partial charge in [-0.2, -0.15) is 0 Å². The van der Waals surface area contributed by atoms with Crippen LogP contribution in [0.2, 0.25) is 0 Å². The molecule has 0 bridgehead atoms. The van der Waals surface area contributed by atoms with E-state index in [2.05, 4.69) is 28.6 Å². The molecule has 5 nitrogen and oxygen atoms in total. The third kappa shape index (κ3) is 3.28. The van der Waals surface area contributed by atoms with Gasteiger partial charge in [-0.1, -0.05) is 6.92 Å². The predicted octanol–water partition coefficient (Wildman–Crippen LogP) is 1.11. The molecule has 0 aliphatic rings. The first-order valence-electron chi connectivity index (χ1n) is 5.86. The van der Waals surface area contributed by atoms with Crippen molar-refractivity contribution in [2.75, 3.05) is 7.11 Å². The largest absolute Gasteiger partial charge is 0.382 e. The van der Waals surface area contributed by atoms with E-state index in [1.807, 2.05) is 0 Å². The van der Waals surface area contributed by atoms with Crippen molar-refractivity contribution in [2.24, 2.45) is 5.73 Å². The lowest BCUT2D eigenvalue weighted by Crippen LogP contribution is -2.13. The molecule has 1 aromatic rings. The maximum atomic E-state index is 5.63. The summed E-state index contributed by atoms with van der Waals surface area (Å²) in [7, 11) is 1.73. The number of nitrogens with two attached hydrogens (primary N) is 1. The summed E-state index contributed by atoms with van der Waals surface area (Å²) in [5.74, 6) is 1.90. The Hall–Kier alpha value is -0.940. The van der Waals surface area contributed by atoms with Gasteiger partial charge in [0.2, 0.25) is 0 Å². The van der Waals surface area contributed by atoms with Gasteiger partial charge in [-0.15, -0.1) is 10.2 Å². The number of ether oxygens (including phenoxy) is 1. The highest BCUT2D eigenvalue weighted by Crippen LogP contribution is 2.08. The molecule has 0 fully saturated rings. The van der Waals surface area contributed by atoms with Crippen LogP contribution >= 0.6 is 0 Å². The summed E-state index contributed by atoms with van der Waals surface area (Å²) in [6.45, 7) is 5.59. The van der Waals surface area contributed by atoms with E-state index >= 15 is 0 Å². The van der Waals surface area contributed by atoms with Crippen molar-refractivity contribution in [3.8, 4) is 0 Å². The molecule has 1 atom stereocenters. The molecule has 0 saturated heterocycles. The Morgan fingerprint density at radius 3 is 2.62 bits per heavy atom. The average Bonchev–Trinajstić information content (AvgIpc) is 2.69. The topological polar surface area (TPSA) is 66.0 Å². The van der Waals surface area contributed by atoms with Crippen LogP contribution in [-0.4, -0.2) is 28.0 Å². The van der Waals surface area contributed by atoms with Crippen molar-refractivity contribution in [3.63, 3.8) is 0 Å². The van der Waals surface area contributed by atoms with E-state index in [9.17, 15) is 0 Å². The van der Waals surface area contributed by atoms with Gasteiger partial charge in [0.15, 0.2) is 0 Å². The number of aromatic nitrogens is 3. The molecule has 1 aromatic heterocycles. The molecule has 0 aliphatic carbocycles. The highest BCUT2D eigenvalue weighted by atomic mass is 16.5. The molecule has 0 aromatic carbocycles. The molecule has 1 heterocycles. The summed E-state index contributed by atoms with van der Waals surface area (Å²) in [5, 5.41) is 8.29. The van der Waals surface area contributed by atoms with E-state index in [0.717, 1.165) is 37.5 Å². The van der Waals surface area contributed by atoms with Crippen molar-refractivity contribution >= 4 is 0 Å². The fourth-order valence-corrected chi connectivity index (χ4v) is 1.64. The summed E-state index contributed by atoms with van der Waals surface area (Å²) in [6.07, 6.45) is 3.18.